The van der Waals surface area contributed by atoms with E-state index in [1.54, 1.807) is 24.8 Å². The molecule has 2 aromatic carbocycles. The molecule has 0 bridgehead atoms. The molecule has 4 nitrogen and oxygen atoms in total. The molecule has 0 radical (unpaired) electrons. The van der Waals surface area contributed by atoms with Gasteiger partial charge in [-0.05, 0) is 83.5 Å². The molecule has 4 aromatic rings. The van der Waals surface area contributed by atoms with Gasteiger partial charge in [0.25, 0.3) is 5.91 Å². The zero-order chi connectivity index (χ0) is 21.8. The van der Waals surface area contributed by atoms with Crippen molar-refractivity contribution in [1.29, 1.82) is 0 Å². The molecule has 0 spiro atoms. The minimum Gasteiger partial charge on any atom is -0.343 e. The first-order chi connectivity index (χ1) is 15.8. The molecule has 1 fully saturated rings. The summed E-state index contributed by atoms with van der Waals surface area (Å²) in [6.07, 6.45) is 15.4. The molecule has 0 unspecified atom stereocenters. The number of nitrogens with zero attached hydrogens (tertiary/aromatic N) is 2. The van der Waals surface area contributed by atoms with Gasteiger partial charge in [-0.25, -0.2) is 0 Å². The number of benzene rings is 2. The third-order valence-corrected chi connectivity index (χ3v) is 6.40. The van der Waals surface area contributed by atoms with Gasteiger partial charge in [-0.1, -0.05) is 42.5 Å². The molecular weight excluding hydrogens is 394 g/mol. The molecular formula is C28H25N3O. The Morgan fingerprint density at radius 3 is 2.28 bits per heavy atom. The van der Waals surface area contributed by atoms with Crippen molar-refractivity contribution in [2.45, 2.75) is 31.2 Å². The fourth-order valence-electron chi connectivity index (χ4n) is 4.61. The number of allylic oxidation sites excluding steroid dienone is 1. The van der Waals surface area contributed by atoms with Crippen molar-refractivity contribution >= 4 is 22.8 Å². The van der Waals surface area contributed by atoms with Crippen LogP contribution in [-0.4, -0.2) is 15.9 Å². The van der Waals surface area contributed by atoms with E-state index < -0.39 is 0 Å². The SMILES string of the molecule is O=C(NC1(c2ccncc2)CCC1)c1ccc2cccc3c2c1C=CC3.c1ccncc1. The van der Waals surface area contributed by atoms with Gasteiger partial charge in [0.05, 0.1) is 5.54 Å². The van der Waals surface area contributed by atoms with Crippen LogP contribution in [0.15, 0.2) is 91.5 Å². The molecule has 0 saturated heterocycles. The van der Waals surface area contributed by atoms with Crippen molar-refractivity contribution in [1.82, 2.24) is 15.3 Å². The van der Waals surface area contributed by atoms with Crippen molar-refractivity contribution in [2.24, 2.45) is 0 Å². The number of amides is 1. The molecule has 1 N–H and O–H groups in total. The van der Waals surface area contributed by atoms with E-state index >= 15 is 0 Å². The molecule has 158 valence electrons. The van der Waals surface area contributed by atoms with E-state index in [4.69, 9.17) is 0 Å². The van der Waals surface area contributed by atoms with E-state index in [1.807, 2.05) is 36.4 Å². The van der Waals surface area contributed by atoms with Crippen LogP contribution in [0, 0.1) is 0 Å². The zero-order valence-electron chi connectivity index (χ0n) is 17.9. The minimum absolute atomic E-state index is 0.0137. The van der Waals surface area contributed by atoms with Crippen LogP contribution in [0.5, 0.6) is 0 Å². The van der Waals surface area contributed by atoms with E-state index in [0.717, 1.165) is 42.4 Å². The number of aromatic nitrogens is 2. The summed E-state index contributed by atoms with van der Waals surface area (Å²) in [6, 6.07) is 20.1. The molecule has 4 heteroatoms. The Balaban J connectivity index is 0.000000314. The molecule has 6 rings (SSSR count). The fourth-order valence-corrected chi connectivity index (χ4v) is 4.61. The highest BCUT2D eigenvalue weighted by atomic mass is 16.1. The molecule has 0 aliphatic heterocycles. The smallest absolute Gasteiger partial charge is 0.252 e. The average molecular weight is 420 g/mol. The Labute approximate surface area is 188 Å². The molecule has 1 amide bonds. The summed E-state index contributed by atoms with van der Waals surface area (Å²) in [4.78, 5) is 21.1. The maximum Gasteiger partial charge on any atom is 0.252 e. The first kappa shape index (κ1) is 20.1. The van der Waals surface area contributed by atoms with Crippen molar-refractivity contribution in [3.63, 3.8) is 0 Å². The van der Waals surface area contributed by atoms with Crippen LogP contribution in [0.25, 0.3) is 16.8 Å². The van der Waals surface area contributed by atoms with Crippen LogP contribution in [0.1, 0.15) is 46.3 Å². The molecule has 2 aromatic heterocycles. The van der Waals surface area contributed by atoms with Crippen LogP contribution in [0.2, 0.25) is 0 Å². The van der Waals surface area contributed by atoms with E-state index in [2.05, 4.69) is 51.7 Å². The largest absolute Gasteiger partial charge is 0.343 e. The topological polar surface area (TPSA) is 54.9 Å². The Hall–Kier alpha value is -3.79. The van der Waals surface area contributed by atoms with E-state index in [9.17, 15) is 4.79 Å². The molecule has 2 aliphatic rings. The lowest BCUT2D eigenvalue weighted by atomic mass is 9.72. The van der Waals surface area contributed by atoms with Crippen LogP contribution in [-0.2, 0) is 12.0 Å². The van der Waals surface area contributed by atoms with Gasteiger partial charge in [-0.2, -0.15) is 0 Å². The van der Waals surface area contributed by atoms with Gasteiger partial charge in [0, 0.05) is 30.4 Å². The molecule has 2 aliphatic carbocycles. The molecule has 2 heterocycles. The first-order valence-corrected chi connectivity index (χ1v) is 11.1. The number of hydrogen-bond donors (Lipinski definition) is 1. The summed E-state index contributed by atoms with van der Waals surface area (Å²) in [6.45, 7) is 0. The van der Waals surface area contributed by atoms with E-state index in [0.29, 0.717) is 0 Å². The minimum atomic E-state index is -0.250. The van der Waals surface area contributed by atoms with Crippen molar-refractivity contribution in [2.75, 3.05) is 0 Å². The monoisotopic (exact) mass is 419 g/mol. The third-order valence-electron chi connectivity index (χ3n) is 6.40. The van der Waals surface area contributed by atoms with Crippen LogP contribution >= 0.6 is 0 Å². The Kier molecular flexibility index (Phi) is 5.51. The maximum absolute atomic E-state index is 13.2. The zero-order valence-corrected chi connectivity index (χ0v) is 17.9. The van der Waals surface area contributed by atoms with Gasteiger partial charge in [-0.15, -0.1) is 0 Å². The predicted molar refractivity (Wildman–Crippen MR) is 128 cm³/mol. The fraction of sp³-hybridized carbons (Fsp3) is 0.179. The highest BCUT2D eigenvalue weighted by Gasteiger charge is 2.40. The van der Waals surface area contributed by atoms with Crippen LogP contribution < -0.4 is 5.32 Å². The predicted octanol–water partition coefficient (Wildman–Crippen LogP) is 5.69. The first-order valence-electron chi connectivity index (χ1n) is 11.1. The van der Waals surface area contributed by atoms with E-state index in [-0.39, 0.29) is 11.4 Å². The second-order valence-corrected chi connectivity index (χ2v) is 8.30. The number of hydrogen-bond acceptors (Lipinski definition) is 3. The van der Waals surface area contributed by atoms with Gasteiger partial charge in [-0.3, -0.25) is 14.8 Å². The Morgan fingerprint density at radius 1 is 0.844 bits per heavy atom. The van der Waals surface area contributed by atoms with Gasteiger partial charge in [0.15, 0.2) is 0 Å². The van der Waals surface area contributed by atoms with Gasteiger partial charge < -0.3 is 5.32 Å². The molecule has 1 saturated carbocycles. The van der Waals surface area contributed by atoms with Crippen LogP contribution in [0.4, 0.5) is 0 Å². The average Bonchev–Trinajstić information content (AvgIpc) is 2.84. The van der Waals surface area contributed by atoms with Crippen molar-refractivity contribution < 1.29 is 4.79 Å². The Bertz CT molecular complexity index is 1240. The molecule has 32 heavy (non-hydrogen) atoms. The second-order valence-electron chi connectivity index (χ2n) is 8.30. The van der Waals surface area contributed by atoms with Gasteiger partial charge in [0.1, 0.15) is 0 Å². The molecule has 0 atom stereocenters. The highest BCUT2D eigenvalue weighted by molar-refractivity contribution is 6.07. The van der Waals surface area contributed by atoms with Crippen molar-refractivity contribution in [3.05, 3.63) is 114 Å². The number of rotatable bonds is 3. The lowest BCUT2D eigenvalue weighted by Gasteiger charge is -2.43. The highest BCUT2D eigenvalue weighted by Crippen LogP contribution is 2.41. The third kappa shape index (κ3) is 3.80. The lowest BCUT2D eigenvalue weighted by Crippen LogP contribution is -2.50. The normalized spacial score (nSPS) is 15.2. The number of nitrogens with one attached hydrogen (secondary N) is 1. The summed E-state index contributed by atoms with van der Waals surface area (Å²) in [7, 11) is 0. The van der Waals surface area contributed by atoms with Crippen molar-refractivity contribution in [3.8, 4) is 0 Å². The van der Waals surface area contributed by atoms with Gasteiger partial charge in [0.2, 0.25) is 0 Å². The van der Waals surface area contributed by atoms with Crippen LogP contribution in [0.3, 0.4) is 0 Å². The van der Waals surface area contributed by atoms with Gasteiger partial charge >= 0.3 is 0 Å². The standard InChI is InChI=1S/C23H20N2O.C5H5N/c26-22(25-23(12-3-13-23)18-10-14-24-15-11-18)20-9-8-17-5-1-4-16-6-2-7-19(20)21(16)17;1-2-4-6-5-3-1/h1-2,4-5,7-11,14-15H,3,6,12-13H2,(H,25,26);1-5H. The summed E-state index contributed by atoms with van der Waals surface area (Å²) in [5.41, 5.74) is 4.01. The second kappa shape index (κ2) is 8.75. The number of carbonyl (C=O) groups is 1. The lowest BCUT2D eigenvalue weighted by molar-refractivity contribution is 0.0823. The maximum atomic E-state index is 13.2. The number of carbonyl (C=O) groups excluding carboxylic acids is 1. The summed E-state index contributed by atoms with van der Waals surface area (Å²) < 4.78 is 0. The quantitative estimate of drug-likeness (QED) is 0.464. The summed E-state index contributed by atoms with van der Waals surface area (Å²) >= 11 is 0. The number of pyridine rings is 2. The Morgan fingerprint density at radius 2 is 1.62 bits per heavy atom. The van der Waals surface area contributed by atoms with E-state index in [1.165, 1.54) is 16.3 Å². The summed E-state index contributed by atoms with van der Waals surface area (Å²) in [5.74, 6) is 0.0137. The summed E-state index contributed by atoms with van der Waals surface area (Å²) in [5, 5.41) is 5.76.